The lowest BCUT2D eigenvalue weighted by Gasteiger charge is -2.35. The number of Topliss-reactive ketones (excluding diaryl/α,β-unsaturated/α-hetero) is 1. The van der Waals surface area contributed by atoms with E-state index in [0.29, 0.717) is 0 Å². The summed E-state index contributed by atoms with van der Waals surface area (Å²) in [7, 11) is 0. The van der Waals surface area contributed by atoms with Crippen LogP contribution in [-0.4, -0.2) is 67.2 Å². The molecule has 1 atom stereocenters. The van der Waals surface area contributed by atoms with E-state index in [9.17, 15) is 32.7 Å². The zero-order chi connectivity index (χ0) is 30.9. The Bertz CT molecular complexity index is 1280. The Balaban J connectivity index is 2.01. The highest BCUT2D eigenvalue weighted by Crippen LogP contribution is 2.43. The van der Waals surface area contributed by atoms with Crippen molar-refractivity contribution in [2.24, 2.45) is 5.41 Å². The summed E-state index contributed by atoms with van der Waals surface area (Å²) in [6.45, 7) is 7.73. The number of alkyl halides is 3. The molecule has 1 fully saturated rings. The van der Waals surface area contributed by atoms with Gasteiger partial charge in [0, 0.05) is 12.4 Å². The SMILES string of the molecule is CC(COC(C)(C)C)N(CC(=O)c1c(Cl)cncc1Cl)C(=O)c1cnn(C2CCC(C)(C(=O)O)CC2)c1C(F)(F)F. The fraction of sp³-hybridized carbons (Fsp3) is 0.593. The molecule has 0 aromatic carbocycles. The molecular formula is C27H33Cl2F3N4O5. The molecule has 1 aliphatic rings. The van der Waals surface area contributed by atoms with Gasteiger partial charge in [-0.15, -0.1) is 0 Å². The number of ketones is 1. The number of carboxylic acid groups (broad SMARTS) is 1. The fourth-order valence-corrected chi connectivity index (χ4v) is 5.31. The van der Waals surface area contributed by atoms with Crippen molar-refractivity contribution in [3.8, 4) is 0 Å². The van der Waals surface area contributed by atoms with Crippen LogP contribution in [0.4, 0.5) is 13.2 Å². The van der Waals surface area contributed by atoms with E-state index in [4.69, 9.17) is 27.9 Å². The average Bonchev–Trinajstić information content (AvgIpc) is 3.31. The molecule has 2 heterocycles. The van der Waals surface area contributed by atoms with Crippen LogP contribution in [0.15, 0.2) is 18.6 Å². The number of hydrogen-bond acceptors (Lipinski definition) is 6. The number of carbonyl (C=O) groups is 3. The van der Waals surface area contributed by atoms with Crippen LogP contribution in [0.5, 0.6) is 0 Å². The fourth-order valence-electron chi connectivity index (χ4n) is 4.73. The van der Waals surface area contributed by atoms with Gasteiger partial charge >= 0.3 is 12.1 Å². The predicted octanol–water partition coefficient (Wildman–Crippen LogP) is 6.34. The summed E-state index contributed by atoms with van der Waals surface area (Å²) in [6, 6.07) is -1.59. The number of halogens is 5. The predicted molar refractivity (Wildman–Crippen MR) is 145 cm³/mol. The summed E-state index contributed by atoms with van der Waals surface area (Å²) in [5, 5.41) is 13.3. The third-order valence-corrected chi connectivity index (χ3v) is 7.79. The average molecular weight is 621 g/mol. The van der Waals surface area contributed by atoms with Crippen molar-refractivity contribution in [1.29, 1.82) is 0 Å². The smallest absolute Gasteiger partial charge is 0.433 e. The largest absolute Gasteiger partial charge is 0.481 e. The molecule has 14 heteroatoms. The number of ether oxygens (including phenoxy) is 1. The van der Waals surface area contributed by atoms with Crippen LogP contribution in [0, 0.1) is 5.41 Å². The Morgan fingerprint density at radius 2 is 1.71 bits per heavy atom. The van der Waals surface area contributed by atoms with Gasteiger partial charge in [-0.2, -0.15) is 18.3 Å². The lowest BCUT2D eigenvalue weighted by molar-refractivity contribution is -0.152. The number of hydrogen-bond donors (Lipinski definition) is 1. The van der Waals surface area contributed by atoms with Crippen LogP contribution in [-0.2, 0) is 15.7 Å². The second-order valence-electron chi connectivity index (χ2n) is 11.6. The topological polar surface area (TPSA) is 115 Å². The maximum Gasteiger partial charge on any atom is 0.433 e. The van der Waals surface area contributed by atoms with Crippen LogP contribution < -0.4 is 0 Å². The quantitative estimate of drug-likeness (QED) is 0.325. The van der Waals surface area contributed by atoms with Gasteiger partial charge in [0.1, 0.15) is 0 Å². The number of aromatic nitrogens is 3. The van der Waals surface area contributed by atoms with Crippen LogP contribution in [0.25, 0.3) is 0 Å². The minimum absolute atomic E-state index is 0.0667. The molecule has 226 valence electrons. The van der Waals surface area contributed by atoms with Gasteiger partial charge in [-0.3, -0.25) is 24.0 Å². The standard InChI is InChI=1S/C27H33Cl2F3N4O5/c1-15(14-41-25(2,3)4)35(13-20(37)21-18(28)11-33-12-19(21)29)23(38)17-10-34-36(22(17)27(30,31)32)16-6-8-26(5,9-7-16)24(39)40/h10-12,15-16H,6-9,13-14H2,1-5H3,(H,39,40). The first kappa shape index (κ1) is 32.8. The molecule has 1 saturated carbocycles. The number of rotatable bonds is 9. The summed E-state index contributed by atoms with van der Waals surface area (Å²) in [6.07, 6.45) is -1.14. The number of aliphatic carboxylic acids is 1. The highest BCUT2D eigenvalue weighted by Gasteiger charge is 2.45. The van der Waals surface area contributed by atoms with E-state index < -0.39 is 64.7 Å². The van der Waals surface area contributed by atoms with Gasteiger partial charge in [-0.1, -0.05) is 23.2 Å². The van der Waals surface area contributed by atoms with E-state index in [1.54, 1.807) is 34.6 Å². The van der Waals surface area contributed by atoms with Gasteiger partial charge in [0.15, 0.2) is 11.5 Å². The molecule has 2 aromatic rings. The van der Waals surface area contributed by atoms with Crippen LogP contribution >= 0.6 is 23.2 Å². The number of carbonyl (C=O) groups excluding carboxylic acids is 2. The summed E-state index contributed by atoms with van der Waals surface area (Å²) < 4.78 is 50.0. The monoisotopic (exact) mass is 620 g/mol. The van der Waals surface area contributed by atoms with Crippen molar-refractivity contribution in [3.05, 3.63) is 45.5 Å². The van der Waals surface area contributed by atoms with Crippen molar-refractivity contribution in [2.45, 2.75) is 84.2 Å². The normalized spacial score (nSPS) is 20.5. The highest BCUT2D eigenvalue weighted by molar-refractivity contribution is 6.39. The van der Waals surface area contributed by atoms with Gasteiger partial charge in [0.2, 0.25) is 0 Å². The molecule has 2 aromatic heterocycles. The molecule has 3 rings (SSSR count). The molecule has 1 amide bonds. The van der Waals surface area contributed by atoms with Gasteiger partial charge in [0.05, 0.1) is 63.6 Å². The van der Waals surface area contributed by atoms with Gasteiger partial charge in [-0.25, -0.2) is 0 Å². The maximum absolute atomic E-state index is 14.5. The number of pyridine rings is 1. The maximum atomic E-state index is 14.5. The third-order valence-electron chi connectivity index (χ3n) is 7.21. The molecule has 0 spiro atoms. The van der Waals surface area contributed by atoms with Crippen LogP contribution in [0.2, 0.25) is 10.0 Å². The first-order valence-electron chi connectivity index (χ1n) is 13.0. The Kier molecular flexibility index (Phi) is 9.82. The first-order chi connectivity index (χ1) is 18.9. The van der Waals surface area contributed by atoms with Crippen molar-refractivity contribution >= 4 is 40.9 Å². The number of carboxylic acids is 1. The van der Waals surface area contributed by atoms with Gasteiger partial charge in [-0.05, 0) is 60.3 Å². The number of amides is 1. The van der Waals surface area contributed by atoms with Crippen LogP contribution in [0.1, 0.15) is 92.8 Å². The highest BCUT2D eigenvalue weighted by atomic mass is 35.5. The summed E-state index contributed by atoms with van der Waals surface area (Å²) in [5.41, 5.74) is -3.77. The second kappa shape index (κ2) is 12.3. The lowest BCUT2D eigenvalue weighted by Crippen LogP contribution is -2.46. The van der Waals surface area contributed by atoms with Gasteiger partial charge in [0.25, 0.3) is 5.91 Å². The molecule has 0 radical (unpaired) electrons. The second-order valence-corrected chi connectivity index (χ2v) is 12.4. The molecular weight excluding hydrogens is 588 g/mol. The Morgan fingerprint density at radius 3 is 2.20 bits per heavy atom. The number of nitrogens with zero attached hydrogens (tertiary/aromatic N) is 4. The van der Waals surface area contributed by atoms with Gasteiger partial charge < -0.3 is 14.7 Å². The minimum atomic E-state index is -4.96. The first-order valence-corrected chi connectivity index (χ1v) is 13.8. The zero-order valence-corrected chi connectivity index (χ0v) is 24.9. The molecule has 1 aliphatic carbocycles. The molecule has 1 N–H and O–H groups in total. The summed E-state index contributed by atoms with van der Waals surface area (Å²) in [5.74, 6) is -2.78. The lowest BCUT2D eigenvalue weighted by atomic mass is 9.74. The Labute approximate surface area is 245 Å². The van der Waals surface area contributed by atoms with Crippen molar-refractivity contribution in [2.75, 3.05) is 13.2 Å². The molecule has 0 saturated heterocycles. The zero-order valence-electron chi connectivity index (χ0n) is 23.4. The molecule has 0 aliphatic heterocycles. The van der Waals surface area contributed by atoms with Crippen LogP contribution in [0.3, 0.4) is 0 Å². The van der Waals surface area contributed by atoms with E-state index in [-0.39, 0.29) is 47.9 Å². The van der Waals surface area contributed by atoms with Crippen molar-refractivity contribution in [1.82, 2.24) is 19.7 Å². The molecule has 9 nitrogen and oxygen atoms in total. The third kappa shape index (κ3) is 7.58. The Hall–Kier alpha value is -2.70. The molecule has 0 bridgehead atoms. The van der Waals surface area contributed by atoms with E-state index >= 15 is 0 Å². The van der Waals surface area contributed by atoms with E-state index in [0.717, 1.165) is 15.8 Å². The Morgan fingerprint density at radius 1 is 1.15 bits per heavy atom. The van der Waals surface area contributed by atoms with Crippen molar-refractivity contribution in [3.63, 3.8) is 0 Å². The van der Waals surface area contributed by atoms with Crippen molar-refractivity contribution < 1.29 is 37.4 Å². The van der Waals surface area contributed by atoms with E-state index in [1.807, 2.05) is 0 Å². The van der Waals surface area contributed by atoms with E-state index in [2.05, 4.69) is 10.1 Å². The summed E-state index contributed by atoms with van der Waals surface area (Å²) in [4.78, 5) is 43.5. The summed E-state index contributed by atoms with van der Waals surface area (Å²) >= 11 is 12.2. The molecule has 41 heavy (non-hydrogen) atoms. The molecule has 1 unspecified atom stereocenters. The van der Waals surface area contributed by atoms with E-state index in [1.165, 1.54) is 12.4 Å². The minimum Gasteiger partial charge on any atom is -0.481 e.